The van der Waals surface area contributed by atoms with E-state index in [1.165, 1.54) is 0 Å². The fourth-order valence-corrected chi connectivity index (χ4v) is 1.29. The van der Waals surface area contributed by atoms with Gasteiger partial charge in [0.1, 0.15) is 6.29 Å². The average Bonchev–Trinajstić information content (AvgIpc) is 2.18. The van der Waals surface area contributed by atoms with Crippen molar-refractivity contribution < 1.29 is 14.7 Å². The van der Waals surface area contributed by atoms with Gasteiger partial charge in [0.25, 0.3) is 0 Å². The minimum Gasteiger partial charge on any atom is -0.481 e. The van der Waals surface area contributed by atoms with Crippen LogP contribution in [0.4, 0.5) is 0 Å². The molecule has 1 N–H and O–H groups in total. The van der Waals surface area contributed by atoms with Gasteiger partial charge in [0.15, 0.2) is 0 Å². The van der Waals surface area contributed by atoms with Crippen molar-refractivity contribution in [3.63, 3.8) is 0 Å². The van der Waals surface area contributed by atoms with Gasteiger partial charge in [0, 0.05) is 6.42 Å². The van der Waals surface area contributed by atoms with Crippen LogP contribution >= 0.6 is 0 Å². The molecular formula is C11H12O3. The largest absolute Gasteiger partial charge is 0.481 e. The first-order valence-corrected chi connectivity index (χ1v) is 4.44. The molecule has 1 atom stereocenters. The highest BCUT2D eigenvalue weighted by Crippen LogP contribution is 2.11. The van der Waals surface area contributed by atoms with Gasteiger partial charge >= 0.3 is 5.97 Å². The van der Waals surface area contributed by atoms with Crippen molar-refractivity contribution in [3.8, 4) is 0 Å². The Morgan fingerprint density at radius 3 is 2.50 bits per heavy atom. The highest BCUT2D eigenvalue weighted by molar-refractivity contribution is 5.73. The summed E-state index contributed by atoms with van der Waals surface area (Å²) in [5.41, 5.74) is 0.946. The van der Waals surface area contributed by atoms with Gasteiger partial charge in [-0.1, -0.05) is 30.3 Å². The van der Waals surface area contributed by atoms with Crippen LogP contribution in [0.5, 0.6) is 0 Å². The zero-order valence-corrected chi connectivity index (χ0v) is 7.72. The summed E-state index contributed by atoms with van der Waals surface area (Å²) in [6.07, 6.45) is 1.14. The molecule has 0 bridgehead atoms. The van der Waals surface area contributed by atoms with Crippen molar-refractivity contribution in [2.24, 2.45) is 5.92 Å². The second-order valence-corrected chi connectivity index (χ2v) is 3.13. The van der Waals surface area contributed by atoms with Crippen molar-refractivity contribution in [3.05, 3.63) is 35.9 Å². The maximum absolute atomic E-state index is 10.7. The highest BCUT2D eigenvalue weighted by Gasteiger charge is 2.16. The van der Waals surface area contributed by atoms with Crippen LogP contribution in [0.1, 0.15) is 12.0 Å². The topological polar surface area (TPSA) is 54.4 Å². The Morgan fingerprint density at radius 1 is 1.36 bits per heavy atom. The quantitative estimate of drug-likeness (QED) is 0.719. The maximum atomic E-state index is 10.7. The van der Waals surface area contributed by atoms with Crippen molar-refractivity contribution in [2.75, 3.05) is 0 Å². The van der Waals surface area contributed by atoms with Crippen LogP contribution in [-0.2, 0) is 16.0 Å². The van der Waals surface area contributed by atoms with Crippen molar-refractivity contribution in [2.45, 2.75) is 12.8 Å². The van der Waals surface area contributed by atoms with Gasteiger partial charge < -0.3 is 9.90 Å². The van der Waals surface area contributed by atoms with Crippen molar-refractivity contribution >= 4 is 12.3 Å². The first kappa shape index (κ1) is 10.4. The molecule has 0 unspecified atom stereocenters. The van der Waals surface area contributed by atoms with E-state index in [9.17, 15) is 9.59 Å². The number of carboxylic acids is 1. The lowest BCUT2D eigenvalue weighted by Crippen LogP contribution is -2.16. The standard InChI is InChI=1S/C11H12O3/c12-7-6-10(11(13)14)8-9-4-2-1-3-5-9/h1-5,7,10H,6,8H2,(H,13,14)/t10-/m1/s1. The molecule has 1 aromatic carbocycles. The molecule has 1 rings (SSSR count). The molecule has 1 aromatic rings. The zero-order valence-electron chi connectivity index (χ0n) is 7.72. The normalized spacial score (nSPS) is 12.0. The van der Waals surface area contributed by atoms with Crippen LogP contribution in [0.25, 0.3) is 0 Å². The molecule has 14 heavy (non-hydrogen) atoms. The van der Waals surface area contributed by atoms with Crippen LogP contribution in [0.15, 0.2) is 30.3 Å². The smallest absolute Gasteiger partial charge is 0.307 e. The predicted molar refractivity (Wildman–Crippen MR) is 52.0 cm³/mol. The van der Waals surface area contributed by atoms with Crippen LogP contribution < -0.4 is 0 Å². The lowest BCUT2D eigenvalue weighted by Gasteiger charge is -2.08. The lowest BCUT2D eigenvalue weighted by molar-refractivity contribution is -0.142. The van der Waals surface area contributed by atoms with Crippen LogP contribution in [-0.4, -0.2) is 17.4 Å². The molecule has 0 saturated heterocycles. The molecule has 0 aliphatic carbocycles. The van der Waals surface area contributed by atoms with Crippen LogP contribution in [0.3, 0.4) is 0 Å². The summed E-state index contributed by atoms with van der Waals surface area (Å²) in [5, 5.41) is 8.81. The number of carbonyl (C=O) groups is 2. The Balaban J connectivity index is 2.64. The van der Waals surface area contributed by atoms with Gasteiger partial charge in [-0.2, -0.15) is 0 Å². The van der Waals surface area contributed by atoms with E-state index >= 15 is 0 Å². The molecular weight excluding hydrogens is 180 g/mol. The number of carboxylic acid groups (broad SMARTS) is 1. The number of rotatable bonds is 5. The molecule has 0 saturated carbocycles. The third-order valence-electron chi connectivity index (χ3n) is 2.05. The van der Waals surface area contributed by atoms with E-state index in [0.717, 1.165) is 5.56 Å². The molecule has 0 spiro atoms. The van der Waals surface area contributed by atoms with Gasteiger partial charge in [-0.25, -0.2) is 0 Å². The predicted octanol–water partition coefficient (Wildman–Crippen LogP) is 1.52. The summed E-state index contributed by atoms with van der Waals surface area (Å²) < 4.78 is 0. The van der Waals surface area contributed by atoms with Gasteiger partial charge in [-0.15, -0.1) is 0 Å². The van der Waals surface area contributed by atoms with E-state index < -0.39 is 11.9 Å². The molecule has 3 heteroatoms. The van der Waals surface area contributed by atoms with E-state index in [2.05, 4.69) is 0 Å². The summed E-state index contributed by atoms with van der Waals surface area (Å²) in [5.74, 6) is -1.52. The summed E-state index contributed by atoms with van der Waals surface area (Å²) in [6.45, 7) is 0. The first-order valence-electron chi connectivity index (χ1n) is 4.44. The number of hydrogen-bond acceptors (Lipinski definition) is 2. The minimum atomic E-state index is -0.916. The number of hydrogen-bond donors (Lipinski definition) is 1. The van der Waals surface area contributed by atoms with Gasteiger partial charge in [0.05, 0.1) is 5.92 Å². The monoisotopic (exact) mass is 192 g/mol. The second kappa shape index (κ2) is 5.17. The third-order valence-corrected chi connectivity index (χ3v) is 2.05. The average molecular weight is 192 g/mol. The molecule has 0 heterocycles. The Labute approximate surface area is 82.4 Å². The third kappa shape index (κ3) is 3.01. The molecule has 0 aliphatic heterocycles. The minimum absolute atomic E-state index is 0.0736. The molecule has 0 fully saturated rings. The molecule has 0 amide bonds. The Hall–Kier alpha value is -1.64. The summed E-state index contributed by atoms with van der Waals surface area (Å²) in [6, 6.07) is 9.31. The summed E-state index contributed by atoms with van der Waals surface area (Å²) >= 11 is 0. The fourth-order valence-electron chi connectivity index (χ4n) is 1.29. The number of aldehydes is 1. The summed E-state index contributed by atoms with van der Waals surface area (Å²) in [7, 11) is 0. The zero-order chi connectivity index (χ0) is 10.4. The highest BCUT2D eigenvalue weighted by atomic mass is 16.4. The number of aliphatic carboxylic acids is 1. The van der Waals surface area contributed by atoms with Crippen molar-refractivity contribution in [1.82, 2.24) is 0 Å². The van der Waals surface area contributed by atoms with Crippen LogP contribution in [0.2, 0.25) is 0 Å². The Bertz CT molecular complexity index is 306. The van der Waals surface area contributed by atoms with E-state index in [1.807, 2.05) is 30.3 Å². The molecule has 3 nitrogen and oxygen atoms in total. The second-order valence-electron chi connectivity index (χ2n) is 3.13. The first-order chi connectivity index (χ1) is 6.74. The van der Waals surface area contributed by atoms with E-state index in [4.69, 9.17) is 5.11 Å². The molecule has 0 aliphatic rings. The number of benzene rings is 1. The summed E-state index contributed by atoms with van der Waals surface area (Å²) in [4.78, 5) is 21.0. The van der Waals surface area contributed by atoms with E-state index in [-0.39, 0.29) is 6.42 Å². The Morgan fingerprint density at radius 2 is 2.00 bits per heavy atom. The number of carbonyl (C=O) groups excluding carboxylic acids is 1. The Kier molecular flexibility index (Phi) is 3.85. The van der Waals surface area contributed by atoms with Crippen molar-refractivity contribution in [1.29, 1.82) is 0 Å². The van der Waals surface area contributed by atoms with Crippen LogP contribution in [0, 0.1) is 5.92 Å². The van der Waals surface area contributed by atoms with E-state index in [1.54, 1.807) is 0 Å². The van der Waals surface area contributed by atoms with Gasteiger partial charge in [-0.3, -0.25) is 4.79 Å². The molecule has 74 valence electrons. The molecule has 0 radical (unpaired) electrons. The maximum Gasteiger partial charge on any atom is 0.307 e. The lowest BCUT2D eigenvalue weighted by atomic mass is 9.97. The van der Waals surface area contributed by atoms with E-state index in [0.29, 0.717) is 12.7 Å². The SMILES string of the molecule is O=CC[C@H](Cc1ccccc1)C(=O)O. The van der Waals surface area contributed by atoms with Gasteiger partial charge in [-0.05, 0) is 12.0 Å². The van der Waals surface area contributed by atoms with Gasteiger partial charge in [0.2, 0.25) is 0 Å². The fraction of sp³-hybridized carbons (Fsp3) is 0.273. The molecule has 0 aromatic heterocycles.